The van der Waals surface area contributed by atoms with Gasteiger partial charge in [0, 0.05) is 24.3 Å². The molecular weight excluding hydrogens is 250 g/mol. The van der Waals surface area contributed by atoms with Crippen molar-refractivity contribution in [1.82, 2.24) is 15.1 Å². The second-order valence-electron chi connectivity index (χ2n) is 7.83. The predicted molar refractivity (Wildman–Crippen MR) is 81.4 cm³/mol. The highest BCUT2D eigenvalue weighted by Crippen LogP contribution is 2.45. The molecule has 0 radical (unpaired) electrons. The van der Waals surface area contributed by atoms with Crippen LogP contribution in [0.1, 0.15) is 52.5 Å². The lowest BCUT2D eigenvalue weighted by atomic mass is 9.63. The monoisotopic (exact) mass is 279 g/mol. The van der Waals surface area contributed by atoms with Crippen molar-refractivity contribution in [3.63, 3.8) is 0 Å². The third-order valence-electron chi connectivity index (χ3n) is 4.17. The van der Waals surface area contributed by atoms with E-state index < -0.39 is 0 Å². The Balaban J connectivity index is 1.89. The number of nitrogens with zero attached hydrogens (tertiary/aromatic N) is 2. The van der Waals surface area contributed by atoms with Crippen molar-refractivity contribution in [2.75, 3.05) is 6.61 Å². The third-order valence-corrected chi connectivity index (χ3v) is 4.17. The first-order valence-corrected chi connectivity index (χ1v) is 7.65. The first-order chi connectivity index (χ1) is 9.30. The van der Waals surface area contributed by atoms with E-state index in [0.29, 0.717) is 23.4 Å². The molecule has 1 aliphatic rings. The van der Waals surface area contributed by atoms with Gasteiger partial charge in [-0.3, -0.25) is 4.68 Å². The van der Waals surface area contributed by atoms with E-state index in [9.17, 15) is 0 Å². The van der Waals surface area contributed by atoms with Crippen LogP contribution in [-0.4, -0.2) is 27.5 Å². The molecule has 0 aliphatic heterocycles. The average molecular weight is 279 g/mol. The minimum atomic E-state index is 0.138. The van der Waals surface area contributed by atoms with E-state index in [1.165, 1.54) is 24.8 Å². The summed E-state index contributed by atoms with van der Waals surface area (Å²) in [6.07, 6.45) is 7.68. The van der Waals surface area contributed by atoms with Gasteiger partial charge in [0.15, 0.2) is 0 Å². The summed E-state index contributed by atoms with van der Waals surface area (Å²) in [6.45, 7) is 11.1. The fraction of sp³-hybridized carbons (Fsp3) is 0.812. The summed E-state index contributed by atoms with van der Waals surface area (Å²) in [5.41, 5.74) is 2.03. The largest absolute Gasteiger partial charge is 0.394 e. The third kappa shape index (κ3) is 4.32. The first-order valence-electron chi connectivity index (χ1n) is 7.65. The first kappa shape index (κ1) is 15.5. The number of aliphatic hydroxyl groups excluding tert-OH is 1. The van der Waals surface area contributed by atoms with Crippen LogP contribution in [0.25, 0.3) is 0 Å². The van der Waals surface area contributed by atoms with Gasteiger partial charge in [0.25, 0.3) is 0 Å². The van der Waals surface area contributed by atoms with Gasteiger partial charge < -0.3 is 10.4 Å². The van der Waals surface area contributed by atoms with Crippen LogP contribution in [-0.2, 0) is 13.1 Å². The Kier molecular flexibility index (Phi) is 4.55. The zero-order valence-corrected chi connectivity index (χ0v) is 13.3. The van der Waals surface area contributed by atoms with Crippen molar-refractivity contribution in [1.29, 1.82) is 0 Å². The molecule has 0 saturated heterocycles. The summed E-state index contributed by atoms with van der Waals surface area (Å²) in [5.74, 6) is 0. The molecule has 1 saturated carbocycles. The van der Waals surface area contributed by atoms with Gasteiger partial charge in [-0.05, 0) is 30.1 Å². The normalized spacial score (nSPS) is 22.1. The van der Waals surface area contributed by atoms with Gasteiger partial charge in [-0.15, -0.1) is 0 Å². The minimum Gasteiger partial charge on any atom is -0.394 e. The number of aliphatic hydroxyl groups is 1. The van der Waals surface area contributed by atoms with Crippen LogP contribution < -0.4 is 5.32 Å². The minimum absolute atomic E-state index is 0.138. The zero-order chi connectivity index (χ0) is 14.8. The molecule has 0 aromatic carbocycles. The average Bonchev–Trinajstić information content (AvgIpc) is 2.70. The van der Waals surface area contributed by atoms with Gasteiger partial charge in [0.1, 0.15) is 0 Å². The molecule has 1 aromatic rings. The van der Waals surface area contributed by atoms with Crippen LogP contribution in [0.15, 0.2) is 12.4 Å². The maximum absolute atomic E-state index is 8.90. The number of hydrogen-bond donors (Lipinski definition) is 2. The maximum Gasteiger partial charge on any atom is 0.0640 e. The van der Waals surface area contributed by atoms with Crippen molar-refractivity contribution in [3.05, 3.63) is 18.0 Å². The summed E-state index contributed by atoms with van der Waals surface area (Å²) >= 11 is 0. The Morgan fingerprint density at radius 3 is 2.55 bits per heavy atom. The molecule has 0 bridgehead atoms. The summed E-state index contributed by atoms with van der Waals surface area (Å²) < 4.78 is 1.80. The van der Waals surface area contributed by atoms with Gasteiger partial charge >= 0.3 is 0 Å². The van der Waals surface area contributed by atoms with Gasteiger partial charge in [-0.2, -0.15) is 5.10 Å². The Morgan fingerprint density at radius 2 is 1.95 bits per heavy atom. The van der Waals surface area contributed by atoms with E-state index in [1.54, 1.807) is 4.68 Å². The number of nitrogens with one attached hydrogen (secondary N) is 1. The summed E-state index contributed by atoms with van der Waals surface area (Å²) in [7, 11) is 0. The summed E-state index contributed by atoms with van der Waals surface area (Å²) in [6, 6.07) is 0.579. The smallest absolute Gasteiger partial charge is 0.0640 e. The van der Waals surface area contributed by atoms with E-state index in [2.05, 4.69) is 38.1 Å². The highest BCUT2D eigenvalue weighted by molar-refractivity contribution is 5.04. The predicted octanol–water partition coefficient (Wildman–Crippen LogP) is 2.57. The van der Waals surface area contributed by atoms with Gasteiger partial charge in [0.05, 0.1) is 19.3 Å². The molecule has 0 atom stereocenters. The quantitative estimate of drug-likeness (QED) is 0.871. The fourth-order valence-corrected chi connectivity index (χ4v) is 3.98. The van der Waals surface area contributed by atoms with Crippen LogP contribution in [0, 0.1) is 10.8 Å². The second kappa shape index (κ2) is 5.86. The molecule has 20 heavy (non-hydrogen) atoms. The number of rotatable bonds is 5. The number of hydrogen-bond acceptors (Lipinski definition) is 3. The van der Waals surface area contributed by atoms with E-state index >= 15 is 0 Å². The van der Waals surface area contributed by atoms with Crippen LogP contribution >= 0.6 is 0 Å². The van der Waals surface area contributed by atoms with Crippen LogP contribution in [0.2, 0.25) is 0 Å². The second-order valence-corrected chi connectivity index (χ2v) is 7.83. The lowest BCUT2D eigenvalue weighted by molar-refractivity contribution is 0.0845. The molecule has 1 aromatic heterocycles. The van der Waals surface area contributed by atoms with E-state index in [1.807, 2.05) is 12.4 Å². The van der Waals surface area contributed by atoms with Crippen LogP contribution in [0.4, 0.5) is 0 Å². The molecule has 0 spiro atoms. The summed E-state index contributed by atoms with van der Waals surface area (Å²) in [5, 5.41) is 16.8. The highest BCUT2D eigenvalue weighted by atomic mass is 16.3. The zero-order valence-electron chi connectivity index (χ0n) is 13.3. The molecule has 4 nitrogen and oxygen atoms in total. The van der Waals surface area contributed by atoms with Crippen molar-refractivity contribution in [3.8, 4) is 0 Å². The molecule has 1 heterocycles. The molecule has 1 aliphatic carbocycles. The van der Waals surface area contributed by atoms with Gasteiger partial charge in [-0.1, -0.05) is 27.7 Å². The molecule has 4 heteroatoms. The Hall–Kier alpha value is -0.870. The maximum atomic E-state index is 8.90. The SMILES string of the molecule is CC1(C)CC(NCc2cnn(CCO)c2)CC(C)(C)C1. The van der Waals surface area contributed by atoms with Crippen molar-refractivity contribution in [2.24, 2.45) is 10.8 Å². The Bertz CT molecular complexity index is 421. The fourth-order valence-electron chi connectivity index (χ4n) is 3.98. The lowest BCUT2D eigenvalue weighted by Gasteiger charge is -2.45. The summed E-state index contributed by atoms with van der Waals surface area (Å²) in [4.78, 5) is 0. The van der Waals surface area contributed by atoms with E-state index in [-0.39, 0.29) is 6.61 Å². The van der Waals surface area contributed by atoms with Crippen LogP contribution in [0.3, 0.4) is 0 Å². The molecule has 2 rings (SSSR count). The number of aromatic nitrogens is 2. The van der Waals surface area contributed by atoms with Crippen molar-refractivity contribution >= 4 is 0 Å². The lowest BCUT2D eigenvalue weighted by Crippen LogP contribution is -2.43. The molecule has 114 valence electrons. The molecule has 1 fully saturated rings. The van der Waals surface area contributed by atoms with Crippen LogP contribution in [0.5, 0.6) is 0 Å². The molecule has 0 unspecified atom stereocenters. The Labute approximate surface area is 122 Å². The van der Waals surface area contributed by atoms with Gasteiger partial charge in [-0.25, -0.2) is 0 Å². The standard InChI is InChI=1S/C16H29N3O/c1-15(2)7-14(8-16(3,4)12-15)17-9-13-10-18-19(11-13)5-6-20/h10-11,14,17,20H,5-9,12H2,1-4H3. The van der Waals surface area contributed by atoms with E-state index in [4.69, 9.17) is 5.11 Å². The molecule has 2 N–H and O–H groups in total. The Morgan fingerprint density at radius 1 is 1.30 bits per heavy atom. The van der Waals surface area contributed by atoms with Crippen molar-refractivity contribution < 1.29 is 5.11 Å². The highest BCUT2D eigenvalue weighted by Gasteiger charge is 2.38. The molecular formula is C16H29N3O. The van der Waals surface area contributed by atoms with E-state index in [0.717, 1.165) is 6.54 Å². The molecule has 0 amide bonds. The topological polar surface area (TPSA) is 50.1 Å². The van der Waals surface area contributed by atoms with Crippen molar-refractivity contribution in [2.45, 2.75) is 66.1 Å². The van der Waals surface area contributed by atoms with Gasteiger partial charge in [0.2, 0.25) is 0 Å².